The van der Waals surface area contributed by atoms with Crippen LogP contribution in [0.25, 0.3) is 0 Å². The number of rotatable bonds is 7. The number of halogens is 1. The van der Waals surface area contributed by atoms with E-state index in [1.807, 2.05) is 6.07 Å². The number of benzene rings is 1. The highest BCUT2D eigenvalue weighted by Crippen LogP contribution is 2.30. The molecule has 1 aliphatic rings. The lowest BCUT2D eigenvalue weighted by Gasteiger charge is -2.19. The first-order chi connectivity index (χ1) is 10.00. The summed E-state index contributed by atoms with van der Waals surface area (Å²) in [6.07, 6.45) is 3.54. The Kier molecular flexibility index (Phi) is 6.08. The van der Waals surface area contributed by atoms with Gasteiger partial charge in [-0.1, -0.05) is 22.9 Å². The van der Waals surface area contributed by atoms with Crippen LogP contribution in [0.15, 0.2) is 22.7 Å². The molecule has 1 fully saturated rings. The maximum atomic E-state index is 5.96. The second-order valence-corrected chi connectivity index (χ2v) is 7.13. The van der Waals surface area contributed by atoms with Crippen molar-refractivity contribution in [1.82, 2.24) is 5.32 Å². The molecule has 1 heterocycles. The van der Waals surface area contributed by atoms with E-state index in [1.165, 1.54) is 5.56 Å². The van der Waals surface area contributed by atoms with E-state index in [0.717, 1.165) is 42.6 Å². The van der Waals surface area contributed by atoms with Crippen molar-refractivity contribution in [1.29, 1.82) is 0 Å². The van der Waals surface area contributed by atoms with Crippen molar-refractivity contribution in [3.05, 3.63) is 28.2 Å². The molecule has 0 bridgehead atoms. The molecule has 1 N–H and O–H groups in total. The Labute approximate surface area is 136 Å². The summed E-state index contributed by atoms with van der Waals surface area (Å²) in [5.74, 6) is 0.916. The van der Waals surface area contributed by atoms with Crippen LogP contribution in [0, 0.1) is 0 Å². The zero-order valence-corrected chi connectivity index (χ0v) is 14.8. The van der Waals surface area contributed by atoms with Crippen molar-refractivity contribution in [2.45, 2.75) is 58.3 Å². The van der Waals surface area contributed by atoms with Crippen molar-refractivity contribution in [3.63, 3.8) is 0 Å². The van der Waals surface area contributed by atoms with E-state index in [1.54, 1.807) is 0 Å². The Bertz CT molecular complexity index is 462. The molecule has 0 amide bonds. The molecule has 1 aromatic rings. The lowest BCUT2D eigenvalue weighted by molar-refractivity contribution is -0.0326. The van der Waals surface area contributed by atoms with Crippen molar-refractivity contribution < 1.29 is 9.47 Å². The third-order valence-electron chi connectivity index (χ3n) is 3.75. The predicted octanol–water partition coefficient (Wildman–Crippen LogP) is 4.29. The molecule has 21 heavy (non-hydrogen) atoms. The first-order valence-corrected chi connectivity index (χ1v) is 8.59. The zero-order valence-electron chi connectivity index (χ0n) is 13.2. The minimum atomic E-state index is 0.00295. The highest BCUT2D eigenvalue weighted by atomic mass is 79.9. The van der Waals surface area contributed by atoms with Crippen LogP contribution in [0.5, 0.6) is 5.75 Å². The highest BCUT2D eigenvalue weighted by Gasteiger charge is 2.31. The molecule has 1 aliphatic heterocycles. The fourth-order valence-corrected chi connectivity index (χ4v) is 2.95. The molecule has 3 nitrogen and oxygen atoms in total. The van der Waals surface area contributed by atoms with Crippen molar-refractivity contribution >= 4 is 15.9 Å². The van der Waals surface area contributed by atoms with E-state index in [0.29, 0.717) is 6.61 Å². The number of hydrogen-bond acceptors (Lipinski definition) is 3. The Morgan fingerprint density at radius 1 is 1.43 bits per heavy atom. The maximum absolute atomic E-state index is 5.96. The summed E-state index contributed by atoms with van der Waals surface area (Å²) in [5.41, 5.74) is 1.23. The molecule has 0 aromatic heterocycles. The summed E-state index contributed by atoms with van der Waals surface area (Å²) in [7, 11) is 0. The Morgan fingerprint density at radius 2 is 2.24 bits per heavy atom. The summed E-state index contributed by atoms with van der Waals surface area (Å²) < 4.78 is 13.0. The zero-order chi connectivity index (χ0) is 15.3. The molecular formula is C17H26BrNO2. The van der Waals surface area contributed by atoms with Crippen molar-refractivity contribution in [2.24, 2.45) is 0 Å². The number of hydrogen-bond donors (Lipinski definition) is 1. The second-order valence-electron chi connectivity index (χ2n) is 6.28. The molecule has 2 rings (SSSR count). The monoisotopic (exact) mass is 355 g/mol. The SMILES string of the molecule is CCCNCc1cc(OCC2CCC(C)(C)O2)ccc1Br. The van der Waals surface area contributed by atoms with Gasteiger partial charge in [-0.25, -0.2) is 0 Å². The molecule has 0 spiro atoms. The summed E-state index contributed by atoms with van der Waals surface area (Å²) >= 11 is 3.59. The standard InChI is InChI=1S/C17H26BrNO2/c1-4-9-19-11-13-10-14(5-6-16(13)18)20-12-15-7-8-17(2,3)21-15/h5-6,10,15,19H,4,7-9,11-12H2,1-3H3. The van der Waals surface area contributed by atoms with Gasteiger partial charge in [-0.3, -0.25) is 0 Å². The van der Waals surface area contributed by atoms with Gasteiger partial charge >= 0.3 is 0 Å². The van der Waals surface area contributed by atoms with E-state index in [2.05, 4.69) is 54.2 Å². The van der Waals surface area contributed by atoms with Crippen LogP contribution >= 0.6 is 15.9 Å². The second kappa shape index (κ2) is 7.61. The van der Waals surface area contributed by atoms with Crippen LogP contribution < -0.4 is 10.1 Å². The van der Waals surface area contributed by atoms with Crippen molar-refractivity contribution in [3.8, 4) is 5.75 Å². The van der Waals surface area contributed by atoms with E-state index in [9.17, 15) is 0 Å². The van der Waals surface area contributed by atoms with Gasteiger partial charge in [0.2, 0.25) is 0 Å². The predicted molar refractivity (Wildman–Crippen MR) is 89.8 cm³/mol. The quantitative estimate of drug-likeness (QED) is 0.740. The van der Waals surface area contributed by atoms with Gasteiger partial charge < -0.3 is 14.8 Å². The lowest BCUT2D eigenvalue weighted by atomic mass is 10.1. The summed E-state index contributed by atoms with van der Waals surface area (Å²) in [5, 5.41) is 3.42. The van der Waals surface area contributed by atoms with E-state index >= 15 is 0 Å². The van der Waals surface area contributed by atoms with E-state index in [4.69, 9.17) is 9.47 Å². The van der Waals surface area contributed by atoms with Crippen LogP contribution in [0.1, 0.15) is 45.6 Å². The summed E-state index contributed by atoms with van der Waals surface area (Å²) in [6, 6.07) is 6.16. The fraction of sp³-hybridized carbons (Fsp3) is 0.647. The number of nitrogens with one attached hydrogen (secondary N) is 1. The normalized spacial score (nSPS) is 20.7. The van der Waals surface area contributed by atoms with E-state index < -0.39 is 0 Å². The van der Waals surface area contributed by atoms with Gasteiger partial charge in [0.15, 0.2) is 0 Å². The molecular weight excluding hydrogens is 330 g/mol. The van der Waals surface area contributed by atoms with E-state index in [-0.39, 0.29) is 11.7 Å². The fourth-order valence-electron chi connectivity index (χ4n) is 2.56. The van der Waals surface area contributed by atoms with Gasteiger partial charge in [-0.2, -0.15) is 0 Å². The largest absolute Gasteiger partial charge is 0.491 e. The maximum Gasteiger partial charge on any atom is 0.119 e. The minimum absolute atomic E-state index is 0.00295. The Hall–Kier alpha value is -0.580. The van der Waals surface area contributed by atoms with Gasteiger partial charge in [0.05, 0.1) is 11.7 Å². The molecule has 1 saturated heterocycles. The topological polar surface area (TPSA) is 30.5 Å². The van der Waals surface area contributed by atoms with Crippen LogP contribution in [-0.2, 0) is 11.3 Å². The first-order valence-electron chi connectivity index (χ1n) is 7.80. The van der Waals surface area contributed by atoms with Crippen LogP contribution in [0.3, 0.4) is 0 Å². The molecule has 118 valence electrons. The first kappa shape index (κ1) is 16.8. The van der Waals surface area contributed by atoms with Gasteiger partial charge in [0, 0.05) is 11.0 Å². The molecule has 0 radical (unpaired) electrons. The van der Waals surface area contributed by atoms with Crippen LogP contribution in [0.2, 0.25) is 0 Å². The molecule has 4 heteroatoms. The number of ether oxygens (including phenoxy) is 2. The third kappa shape index (κ3) is 5.28. The lowest BCUT2D eigenvalue weighted by Crippen LogP contribution is -2.24. The molecule has 1 unspecified atom stereocenters. The van der Waals surface area contributed by atoms with Gasteiger partial charge in [-0.05, 0) is 63.4 Å². The van der Waals surface area contributed by atoms with Crippen molar-refractivity contribution in [2.75, 3.05) is 13.2 Å². The van der Waals surface area contributed by atoms with Gasteiger partial charge in [0.1, 0.15) is 12.4 Å². The molecule has 1 aromatic carbocycles. The smallest absolute Gasteiger partial charge is 0.119 e. The molecule has 1 atom stereocenters. The Balaban J connectivity index is 1.87. The van der Waals surface area contributed by atoms with Gasteiger partial charge in [0.25, 0.3) is 0 Å². The highest BCUT2D eigenvalue weighted by molar-refractivity contribution is 9.10. The third-order valence-corrected chi connectivity index (χ3v) is 4.52. The minimum Gasteiger partial charge on any atom is -0.491 e. The van der Waals surface area contributed by atoms with Crippen LogP contribution in [-0.4, -0.2) is 24.9 Å². The van der Waals surface area contributed by atoms with Crippen LogP contribution in [0.4, 0.5) is 0 Å². The Morgan fingerprint density at radius 3 is 2.90 bits per heavy atom. The average Bonchev–Trinajstić information content (AvgIpc) is 2.79. The summed E-state index contributed by atoms with van der Waals surface area (Å²) in [6.45, 7) is 8.98. The molecule has 0 saturated carbocycles. The van der Waals surface area contributed by atoms with Gasteiger partial charge in [-0.15, -0.1) is 0 Å². The molecule has 0 aliphatic carbocycles. The average molecular weight is 356 g/mol. The summed E-state index contributed by atoms with van der Waals surface area (Å²) in [4.78, 5) is 0.